The molecule has 3 saturated heterocycles. The number of amides is 2. The Morgan fingerprint density at radius 1 is 1.26 bits per heavy atom. The number of nitrogens with zero attached hydrogens (tertiary/aromatic N) is 3. The zero-order valence-corrected chi connectivity index (χ0v) is 16.4. The summed E-state index contributed by atoms with van der Waals surface area (Å²) in [7, 11) is 0. The van der Waals surface area contributed by atoms with Gasteiger partial charge in [-0.25, -0.2) is 0 Å². The number of aromatic nitrogens is 1. The number of carbonyl (C=O) groups is 2. The van der Waals surface area contributed by atoms with E-state index in [0.29, 0.717) is 30.5 Å². The largest absolute Gasteiger partial charge is 0.350 e. The normalized spacial score (nSPS) is 27.2. The lowest BCUT2D eigenvalue weighted by molar-refractivity contribution is -0.123. The van der Waals surface area contributed by atoms with Crippen molar-refractivity contribution in [3.63, 3.8) is 0 Å². The molecule has 4 rings (SSSR count). The van der Waals surface area contributed by atoms with Gasteiger partial charge in [-0.1, -0.05) is 13.8 Å². The molecule has 3 aliphatic rings. The smallest absolute Gasteiger partial charge is 0.253 e. The SMILES string of the molecule is CC(C)CCN1C[C@H]2C(=O)NC3(CCN(C(=O)c4ccncc4)CC3)[C@H]2C1. The van der Waals surface area contributed by atoms with Gasteiger partial charge in [-0.3, -0.25) is 14.6 Å². The Morgan fingerprint density at radius 3 is 2.63 bits per heavy atom. The monoisotopic (exact) mass is 370 g/mol. The topological polar surface area (TPSA) is 65.5 Å². The highest BCUT2D eigenvalue weighted by atomic mass is 16.2. The van der Waals surface area contributed by atoms with Gasteiger partial charge < -0.3 is 15.1 Å². The summed E-state index contributed by atoms with van der Waals surface area (Å²) >= 11 is 0. The zero-order chi connectivity index (χ0) is 19.0. The second-order valence-corrected chi connectivity index (χ2v) is 8.83. The molecule has 27 heavy (non-hydrogen) atoms. The standard InChI is InChI=1S/C21H30N4O2/c1-15(2)5-10-24-13-17-18(14-24)21(23-19(17)26)6-11-25(12-7-21)20(27)16-3-8-22-9-4-16/h3-4,8-9,15,17-18H,5-7,10-14H2,1-2H3,(H,23,26)/t17-,18+/m1/s1. The molecule has 1 N–H and O–H groups in total. The quantitative estimate of drug-likeness (QED) is 0.877. The molecule has 0 unspecified atom stereocenters. The highest BCUT2D eigenvalue weighted by Gasteiger charge is 2.57. The summed E-state index contributed by atoms with van der Waals surface area (Å²) in [5, 5.41) is 3.34. The van der Waals surface area contributed by atoms with E-state index in [1.807, 2.05) is 4.90 Å². The van der Waals surface area contributed by atoms with Gasteiger partial charge in [0.1, 0.15) is 0 Å². The van der Waals surface area contributed by atoms with Crippen LogP contribution in [0.1, 0.15) is 43.5 Å². The van der Waals surface area contributed by atoms with E-state index < -0.39 is 0 Å². The molecule has 0 saturated carbocycles. The first-order valence-electron chi connectivity index (χ1n) is 10.2. The van der Waals surface area contributed by atoms with E-state index in [9.17, 15) is 9.59 Å². The molecule has 3 fully saturated rings. The van der Waals surface area contributed by atoms with Crippen LogP contribution in [0.15, 0.2) is 24.5 Å². The van der Waals surface area contributed by atoms with Gasteiger partial charge in [0.2, 0.25) is 5.91 Å². The first-order chi connectivity index (χ1) is 13.0. The van der Waals surface area contributed by atoms with Crippen molar-refractivity contribution in [2.24, 2.45) is 17.8 Å². The zero-order valence-electron chi connectivity index (χ0n) is 16.4. The molecule has 1 aromatic heterocycles. The first kappa shape index (κ1) is 18.4. The van der Waals surface area contributed by atoms with Gasteiger partial charge in [-0.15, -0.1) is 0 Å². The third kappa shape index (κ3) is 3.47. The lowest BCUT2D eigenvalue weighted by Crippen LogP contribution is -2.56. The summed E-state index contributed by atoms with van der Waals surface area (Å²) in [6.45, 7) is 8.90. The predicted molar refractivity (Wildman–Crippen MR) is 103 cm³/mol. The molecule has 4 heterocycles. The van der Waals surface area contributed by atoms with E-state index >= 15 is 0 Å². The van der Waals surface area contributed by atoms with Crippen LogP contribution in [0.4, 0.5) is 0 Å². The van der Waals surface area contributed by atoms with Crippen LogP contribution in [0, 0.1) is 17.8 Å². The number of pyridine rings is 1. The van der Waals surface area contributed by atoms with Crippen LogP contribution in [-0.2, 0) is 4.79 Å². The summed E-state index contributed by atoms with van der Waals surface area (Å²) in [6, 6.07) is 3.54. The fourth-order valence-corrected chi connectivity index (χ4v) is 5.05. The first-order valence-corrected chi connectivity index (χ1v) is 10.2. The second kappa shape index (κ2) is 7.23. The number of fused-ring (bicyclic) bond motifs is 2. The Bertz CT molecular complexity index is 697. The fourth-order valence-electron chi connectivity index (χ4n) is 5.05. The number of rotatable bonds is 4. The number of piperidine rings is 1. The number of nitrogens with one attached hydrogen (secondary N) is 1. The van der Waals surface area contributed by atoms with E-state index in [1.165, 1.54) is 6.42 Å². The molecule has 1 aromatic rings. The maximum atomic E-state index is 12.7. The van der Waals surface area contributed by atoms with Crippen LogP contribution < -0.4 is 5.32 Å². The molecular weight excluding hydrogens is 340 g/mol. The maximum Gasteiger partial charge on any atom is 0.253 e. The van der Waals surface area contributed by atoms with Crippen molar-refractivity contribution < 1.29 is 9.59 Å². The number of likely N-dealkylation sites (tertiary alicyclic amines) is 2. The number of carbonyl (C=O) groups excluding carboxylic acids is 2. The van der Waals surface area contributed by atoms with Gasteiger partial charge >= 0.3 is 0 Å². The molecule has 2 atom stereocenters. The molecule has 6 nitrogen and oxygen atoms in total. The summed E-state index contributed by atoms with van der Waals surface area (Å²) in [5.41, 5.74) is 0.568. The number of hydrogen-bond donors (Lipinski definition) is 1. The van der Waals surface area contributed by atoms with Gasteiger partial charge in [0.15, 0.2) is 0 Å². The molecule has 2 amide bonds. The van der Waals surface area contributed by atoms with E-state index in [1.54, 1.807) is 24.5 Å². The van der Waals surface area contributed by atoms with E-state index in [2.05, 4.69) is 29.0 Å². The van der Waals surface area contributed by atoms with Gasteiger partial charge in [-0.2, -0.15) is 0 Å². The van der Waals surface area contributed by atoms with Crippen molar-refractivity contribution in [2.45, 2.75) is 38.6 Å². The van der Waals surface area contributed by atoms with Crippen LogP contribution in [0.25, 0.3) is 0 Å². The molecule has 146 valence electrons. The van der Waals surface area contributed by atoms with Crippen molar-refractivity contribution in [3.8, 4) is 0 Å². The van der Waals surface area contributed by atoms with Gasteiger partial charge in [0.05, 0.1) is 5.92 Å². The van der Waals surface area contributed by atoms with Crippen LogP contribution in [0.5, 0.6) is 0 Å². The lowest BCUT2D eigenvalue weighted by Gasteiger charge is -2.42. The van der Waals surface area contributed by atoms with Gasteiger partial charge in [0.25, 0.3) is 5.91 Å². The Labute approximate surface area is 161 Å². The van der Waals surface area contributed by atoms with Crippen molar-refractivity contribution >= 4 is 11.8 Å². The second-order valence-electron chi connectivity index (χ2n) is 8.83. The van der Waals surface area contributed by atoms with Gasteiger partial charge in [-0.05, 0) is 43.9 Å². The molecule has 3 aliphatic heterocycles. The highest BCUT2D eigenvalue weighted by molar-refractivity contribution is 5.94. The Balaban J connectivity index is 1.40. The third-order valence-corrected chi connectivity index (χ3v) is 6.71. The molecule has 6 heteroatoms. The van der Waals surface area contributed by atoms with Crippen molar-refractivity contribution in [1.29, 1.82) is 0 Å². The lowest BCUT2D eigenvalue weighted by atomic mass is 9.75. The van der Waals surface area contributed by atoms with Crippen LogP contribution in [0.3, 0.4) is 0 Å². The van der Waals surface area contributed by atoms with Crippen molar-refractivity contribution in [1.82, 2.24) is 20.1 Å². The Hall–Kier alpha value is -1.95. The summed E-state index contributed by atoms with van der Waals surface area (Å²) < 4.78 is 0. The van der Waals surface area contributed by atoms with E-state index in [0.717, 1.165) is 32.5 Å². The molecule has 0 aromatic carbocycles. The predicted octanol–water partition coefficient (Wildman–Crippen LogP) is 1.78. The van der Waals surface area contributed by atoms with Crippen molar-refractivity contribution in [3.05, 3.63) is 30.1 Å². The maximum absolute atomic E-state index is 12.7. The van der Waals surface area contributed by atoms with Crippen molar-refractivity contribution in [2.75, 3.05) is 32.7 Å². The molecule has 1 spiro atoms. The average molecular weight is 370 g/mol. The number of hydrogen-bond acceptors (Lipinski definition) is 4. The molecular formula is C21H30N4O2. The summed E-state index contributed by atoms with van der Waals surface area (Å²) in [4.78, 5) is 33.7. The van der Waals surface area contributed by atoms with Crippen LogP contribution in [0.2, 0.25) is 0 Å². The average Bonchev–Trinajstić information content (AvgIpc) is 3.21. The Morgan fingerprint density at radius 2 is 1.96 bits per heavy atom. The molecule has 0 aliphatic carbocycles. The summed E-state index contributed by atoms with van der Waals surface area (Å²) in [6.07, 6.45) is 6.21. The van der Waals surface area contributed by atoms with Crippen LogP contribution in [-0.4, -0.2) is 64.9 Å². The van der Waals surface area contributed by atoms with Crippen LogP contribution >= 0.6 is 0 Å². The minimum Gasteiger partial charge on any atom is -0.350 e. The highest BCUT2D eigenvalue weighted by Crippen LogP contribution is 2.44. The van der Waals surface area contributed by atoms with E-state index in [4.69, 9.17) is 0 Å². The van der Waals surface area contributed by atoms with E-state index in [-0.39, 0.29) is 23.3 Å². The summed E-state index contributed by atoms with van der Waals surface area (Å²) in [5.74, 6) is 1.49. The molecule has 0 bridgehead atoms. The van der Waals surface area contributed by atoms with Gasteiger partial charge in [0, 0.05) is 55.6 Å². The fraction of sp³-hybridized carbons (Fsp3) is 0.667. The Kier molecular flexibility index (Phi) is 4.93. The third-order valence-electron chi connectivity index (χ3n) is 6.71. The molecule has 0 radical (unpaired) electrons. The minimum atomic E-state index is -0.122. The minimum absolute atomic E-state index is 0.0677.